The summed E-state index contributed by atoms with van der Waals surface area (Å²) >= 11 is 0. The first-order chi connectivity index (χ1) is 22.9. The molecule has 2 aromatic carbocycles. The number of rotatable bonds is 19. The molecule has 1 fully saturated rings. The number of carbonyl (C=O) groups is 2. The zero-order chi connectivity index (χ0) is 35.5. The minimum Gasteiger partial charge on any atom is -0.493 e. The smallest absolute Gasteiger partial charge is 0.266 e. The standard InChI is InChI=1S/C37H56N2O6S.C2H6/c1-5-6-7-8-9-10-28(4)26-45-34-21-19-33(20-22-34)39-37(41)35(31-17-15-30(16-18-31)27(2)3)25-29-11-13-32(14-12-29)36(40)38-23-24-46(42,43)44;1-2/h15-22,27-29,32,35H,5-14,23-26H2,1-4H3,(H,38,40)(H,39,41)(H,42,43,44);1-2H3. The Kier molecular flexibility index (Phi) is 18.9. The number of hydrogen-bond acceptors (Lipinski definition) is 5. The molecule has 3 rings (SSSR count). The highest BCUT2D eigenvalue weighted by Crippen LogP contribution is 2.37. The molecule has 0 bridgehead atoms. The average Bonchev–Trinajstić information content (AvgIpc) is 3.07. The maximum atomic E-state index is 13.8. The Hall–Kier alpha value is -2.91. The molecular formula is C39H62N2O6S. The van der Waals surface area contributed by atoms with Crippen molar-refractivity contribution in [1.82, 2.24) is 5.32 Å². The zero-order valence-electron chi connectivity index (χ0n) is 30.3. The SMILES string of the molecule is CC.CCCCCCCC(C)COc1ccc(NC(=O)C(CC2CCC(C(=O)NCCS(=O)(=O)O)CC2)c2ccc(C(C)C)cc2)cc1. The molecule has 0 heterocycles. The van der Waals surface area contributed by atoms with E-state index in [9.17, 15) is 18.0 Å². The molecule has 2 aromatic rings. The summed E-state index contributed by atoms with van der Waals surface area (Å²) in [6.07, 6.45) is 11.3. The topological polar surface area (TPSA) is 122 Å². The third-order valence-electron chi connectivity index (χ3n) is 9.22. The normalized spacial score (nSPS) is 17.5. The van der Waals surface area contributed by atoms with Gasteiger partial charge in [0.15, 0.2) is 0 Å². The van der Waals surface area contributed by atoms with Crippen LogP contribution >= 0.6 is 0 Å². The van der Waals surface area contributed by atoms with Crippen LogP contribution < -0.4 is 15.4 Å². The lowest BCUT2D eigenvalue weighted by molar-refractivity contribution is -0.126. The Morgan fingerprint density at radius 3 is 2.06 bits per heavy atom. The number of anilines is 1. The molecule has 2 unspecified atom stereocenters. The van der Waals surface area contributed by atoms with Crippen LogP contribution in [0.3, 0.4) is 0 Å². The second-order valence-corrected chi connectivity index (χ2v) is 15.1. The monoisotopic (exact) mass is 686 g/mol. The molecule has 9 heteroatoms. The third kappa shape index (κ3) is 15.5. The summed E-state index contributed by atoms with van der Waals surface area (Å²) in [5.41, 5.74) is 2.94. The average molecular weight is 687 g/mol. The van der Waals surface area contributed by atoms with Crippen LogP contribution in [0.1, 0.15) is 135 Å². The van der Waals surface area contributed by atoms with Crippen LogP contribution in [0.15, 0.2) is 48.5 Å². The molecular weight excluding hydrogens is 625 g/mol. The van der Waals surface area contributed by atoms with Gasteiger partial charge in [0.25, 0.3) is 10.1 Å². The Morgan fingerprint density at radius 1 is 0.875 bits per heavy atom. The van der Waals surface area contributed by atoms with Crippen LogP contribution in [0.5, 0.6) is 5.75 Å². The summed E-state index contributed by atoms with van der Waals surface area (Å²) in [5.74, 6) is 0.743. The van der Waals surface area contributed by atoms with Gasteiger partial charge >= 0.3 is 0 Å². The van der Waals surface area contributed by atoms with Gasteiger partial charge in [0.05, 0.1) is 18.3 Å². The highest BCUT2D eigenvalue weighted by molar-refractivity contribution is 7.85. The van der Waals surface area contributed by atoms with Gasteiger partial charge in [-0.05, 0) is 91.7 Å². The van der Waals surface area contributed by atoms with Gasteiger partial charge < -0.3 is 15.4 Å². The predicted molar refractivity (Wildman–Crippen MR) is 197 cm³/mol. The molecule has 1 saturated carbocycles. The van der Waals surface area contributed by atoms with E-state index in [1.165, 1.54) is 44.1 Å². The summed E-state index contributed by atoms with van der Waals surface area (Å²) in [4.78, 5) is 26.3. The van der Waals surface area contributed by atoms with Crippen LogP contribution in [0, 0.1) is 17.8 Å². The Balaban J connectivity index is 0.00000392. The molecule has 0 radical (unpaired) electrons. The Bertz CT molecular complexity index is 1300. The summed E-state index contributed by atoms with van der Waals surface area (Å²) in [6.45, 7) is 13.4. The fraction of sp³-hybridized carbons (Fsp3) is 0.641. The molecule has 2 atom stereocenters. The van der Waals surface area contributed by atoms with Gasteiger partial charge in [0, 0.05) is 18.2 Å². The molecule has 1 aliphatic rings. The van der Waals surface area contributed by atoms with Crippen LogP contribution in [-0.4, -0.2) is 43.7 Å². The molecule has 3 N–H and O–H groups in total. The predicted octanol–water partition coefficient (Wildman–Crippen LogP) is 9.13. The lowest BCUT2D eigenvalue weighted by Gasteiger charge is -2.30. The first kappa shape index (κ1) is 41.3. The van der Waals surface area contributed by atoms with Gasteiger partial charge in [-0.25, -0.2) is 0 Å². The summed E-state index contributed by atoms with van der Waals surface area (Å²) in [6, 6.07) is 16.0. The maximum Gasteiger partial charge on any atom is 0.266 e. The van der Waals surface area contributed by atoms with Crippen LogP contribution in [-0.2, 0) is 19.7 Å². The van der Waals surface area contributed by atoms with E-state index in [0.29, 0.717) is 37.7 Å². The van der Waals surface area contributed by atoms with Crippen LogP contribution in [0.25, 0.3) is 0 Å². The van der Waals surface area contributed by atoms with Crippen molar-refractivity contribution < 1.29 is 27.3 Å². The van der Waals surface area contributed by atoms with Crippen molar-refractivity contribution in [2.45, 2.75) is 124 Å². The molecule has 0 aromatic heterocycles. The molecule has 2 amide bonds. The quantitative estimate of drug-likeness (QED) is 0.100. The van der Waals surface area contributed by atoms with Crippen molar-refractivity contribution in [3.05, 3.63) is 59.7 Å². The molecule has 270 valence electrons. The number of carbonyl (C=O) groups excluding carboxylic acids is 2. The minimum absolute atomic E-state index is 0.0484. The second-order valence-electron chi connectivity index (χ2n) is 13.5. The molecule has 0 spiro atoms. The van der Waals surface area contributed by atoms with E-state index >= 15 is 0 Å². The van der Waals surface area contributed by atoms with Crippen molar-refractivity contribution in [2.75, 3.05) is 24.2 Å². The van der Waals surface area contributed by atoms with Gasteiger partial charge in [-0.1, -0.05) is 97.9 Å². The molecule has 48 heavy (non-hydrogen) atoms. The Labute approximate surface area is 291 Å². The molecule has 0 aliphatic heterocycles. The van der Waals surface area contributed by atoms with E-state index in [0.717, 1.165) is 29.8 Å². The zero-order valence-corrected chi connectivity index (χ0v) is 31.1. The Morgan fingerprint density at radius 2 is 1.48 bits per heavy atom. The number of unbranched alkanes of at least 4 members (excludes halogenated alkanes) is 4. The fourth-order valence-electron chi connectivity index (χ4n) is 6.23. The van der Waals surface area contributed by atoms with Crippen molar-refractivity contribution in [3.63, 3.8) is 0 Å². The van der Waals surface area contributed by atoms with E-state index in [-0.39, 0.29) is 36.1 Å². The lowest BCUT2D eigenvalue weighted by atomic mass is 9.76. The minimum atomic E-state index is -4.11. The van der Waals surface area contributed by atoms with E-state index in [2.05, 4.69) is 62.6 Å². The fourth-order valence-corrected chi connectivity index (χ4v) is 6.59. The summed E-state index contributed by atoms with van der Waals surface area (Å²) < 4.78 is 36.9. The summed E-state index contributed by atoms with van der Waals surface area (Å²) in [7, 11) is -4.11. The second kappa shape index (κ2) is 21.9. The van der Waals surface area contributed by atoms with Gasteiger partial charge in [-0.3, -0.25) is 14.1 Å². The van der Waals surface area contributed by atoms with E-state index in [1.54, 1.807) is 0 Å². The number of nitrogens with one attached hydrogen (secondary N) is 2. The van der Waals surface area contributed by atoms with Gasteiger partial charge in [0.1, 0.15) is 5.75 Å². The van der Waals surface area contributed by atoms with Crippen LogP contribution in [0.2, 0.25) is 0 Å². The van der Waals surface area contributed by atoms with Crippen molar-refractivity contribution in [3.8, 4) is 5.75 Å². The van der Waals surface area contributed by atoms with E-state index in [1.807, 2.05) is 38.1 Å². The van der Waals surface area contributed by atoms with E-state index < -0.39 is 15.9 Å². The first-order valence-corrected chi connectivity index (χ1v) is 19.9. The lowest BCUT2D eigenvalue weighted by Crippen LogP contribution is -2.36. The van der Waals surface area contributed by atoms with Crippen molar-refractivity contribution >= 4 is 27.6 Å². The summed E-state index contributed by atoms with van der Waals surface area (Å²) in [5, 5.41) is 5.77. The number of amides is 2. The van der Waals surface area contributed by atoms with Gasteiger partial charge in [-0.15, -0.1) is 0 Å². The molecule has 0 saturated heterocycles. The van der Waals surface area contributed by atoms with Gasteiger partial charge in [-0.2, -0.15) is 8.42 Å². The van der Waals surface area contributed by atoms with Crippen LogP contribution in [0.4, 0.5) is 5.69 Å². The van der Waals surface area contributed by atoms with Crippen molar-refractivity contribution in [2.24, 2.45) is 17.8 Å². The highest BCUT2D eigenvalue weighted by Gasteiger charge is 2.31. The molecule has 1 aliphatic carbocycles. The number of ether oxygens (including phenoxy) is 1. The first-order valence-electron chi connectivity index (χ1n) is 18.3. The number of hydrogen-bond donors (Lipinski definition) is 3. The highest BCUT2D eigenvalue weighted by atomic mass is 32.2. The van der Waals surface area contributed by atoms with E-state index in [4.69, 9.17) is 9.29 Å². The maximum absolute atomic E-state index is 13.8. The van der Waals surface area contributed by atoms with Gasteiger partial charge in [0.2, 0.25) is 11.8 Å². The number of benzene rings is 2. The van der Waals surface area contributed by atoms with Crippen molar-refractivity contribution in [1.29, 1.82) is 0 Å². The largest absolute Gasteiger partial charge is 0.493 e. The molecule has 8 nitrogen and oxygen atoms in total. The third-order valence-corrected chi connectivity index (χ3v) is 9.94.